The summed E-state index contributed by atoms with van der Waals surface area (Å²) >= 11 is 5.79. The monoisotopic (exact) mass is 290 g/mol. The van der Waals surface area contributed by atoms with E-state index in [0.717, 1.165) is 0 Å². The van der Waals surface area contributed by atoms with Crippen molar-refractivity contribution in [3.63, 3.8) is 0 Å². The van der Waals surface area contributed by atoms with Crippen LogP contribution in [0, 0.1) is 0 Å². The third kappa shape index (κ3) is 2.91. The van der Waals surface area contributed by atoms with Gasteiger partial charge in [-0.05, 0) is 25.1 Å². The molecule has 0 spiro atoms. The van der Waals surface area contributed by atoms with Gasteiger partial charge in [0.2, 0.25) is 0 Å². The summed E-state index contributed by atoms with van der Waals surface area (Å²) in [6.07, 6.45) is 1.49. The van der Waals surface area contributed by atoms with Crippen molar-refractivity contribution in [2.75, 3.05) is 7.05 Å². The lowest BCUT2D eigenvalue weighted by Crippen LogP contribution is -2.29. The van der Waals surface area contributed by atoms with Crippen molar-refractivity contribution in [3.8, 4) is 5.75 Å². The van der Waals surface area contributed by atoms with E-state index in [4.69, 9.17) is 11.6 Å². The van der Waals surface area contributed by atoms with Crippen LogP contribution in [0.25, 0.3) is 0 Å². The largest absolute Gasteiger partial charge is 0.508 e. The van der Waals surface area contributed by atoms with Gasteiger partial charge in [0.1, 0.15) is 10.9 Å². The van der Waals surface area contributed by atoms with Gasteiger partial charge in [0.15, 0.2) is 0 Å². The SMILES string of the molecule is CC(c1ccccc1O)N(C)C(=O)c1ccnc(Cl)c1. The number of phenols is 1. The van der Waals surface area contributed by atoms with Gasteiger partial charge in [-0.3, -0.25) is 4.79 Å². The van der Waals surface area contributed by atoms with Gasteiger partial charge in [0.05, 0.1) is 6.04 Å². The molecule has 1 atom stereocenters. The number of rotatable bonds is 3. The standard InChI is InChI=1S/C15H15ClN2O2/c1-10(12-5-3-4-6-13(12)19)18(2)15(20)11-7-8-17-14(16)9-11/h3-10,19H,1-2H3. The predicted molar refractivity (Wildman–Crippen MR) is 77.9 cm³/mol. The van der Waals surface area contributed by atoms with E-state index < -0.39 is 0 Å². The van der Waals surface area contributed by atoms with E-state index in [1.165, 1.54) is 12.3 Å². The van der Waals surface area contributed by atoms with Crippen LogP contribution in [-0.4, -0.2) is 27.9 Å². The first-order valence-corrected chi connectivity index (χ1v) is 6.55. The lowest BCUT2D eigenvalue weighted by atomic mass is 10.1. The third-order valence-electron chi connectivity index (χ3n) is 3.26. The lowest BCUT2D eigenvalue weighted by molar-refractivity contribution is 0.0741. The average Bonchev–Trinajstić information content (AvgIpc) is 2.45. The number of hydrogen-bond donors (Lipinski definition) is 1. The van der Waals surface area contributed by atoms with Crippen molar-refractivity contribution in [2.45, 2.75) is 13.0 Å². The molecule has 2 aromatic rings. The maximum atomic E-state index is 12.4. The van der Waals surface area contributed by atoms with Crippen molar-refractivity contribution in [2.24, 2.45) is 0 Å². The van der Waals surface area contributed by atoms with E-state index in [9.17, 15) is 9.90 Å². The highest BCUT2D eigenvalue weighted by molar-refractivity contribution is 6.29. The van der Waals surface area contributed by atoms with E-state index in [0.29, 0.717) is 11.1 Å². The number of nitrogens with zero attached hydrogens (tertiary/aromatic N) is 2. The fourth-order valence-electron chi connectivity index (χ4n) is 1.96. The Kier molecular flexibility index (Phi) is 4.25. The second kappa shape index (κ2) is 5.92. The number of halogens is 1. The van der Waals surface area contributed by atoms with E-state index in [-0.39, 0.29) is 22.9 Å². The fourth-order valence-corrected chi connectivity index (χ4v) is 2.14. The molecule has 0 aliphatic heterocycles. The van der Waals surface area contributed by atoms with E-state index in [1.54, 1.807) is 36.2 Å². The average molecular weight is 291 g/mol. The number of hydrogen-bond acceptors (Lipinski definition) is 3. The topological polar surface area (TPSA) is 53.4 Å². The highest BCUT2D eigenvalue weighted by Crippen LogP contribution is 2.28. The molecular formula is C15H15ClN2O2. The zero-order chi connectivity index (χ0) is 14.7. The van der Waals surface area contributed by atoms with Crippen LogP contribution in [0.15, 0.2) is 42.6 Å². The molecule has 1 aromatic heterocycles. The summed E-state index contributed by atoms with van der Waals surface area (Å²) in [6, 6.07) is 9.86. The molecule has 2 rings (SSSR count). The van der Waals surface area contributed by atoms with Gasteiger partial charge >= 0.3 is 0 Å². The molecule has 0 radical (unpaired) electrons. The molecule has 0 fully saturated rings. The highest BCUT2D eigenvalue weighted by Gasteiger charge is 2.21. The van der Waals surface area contributed by atoms with Crippen LogP contribution in [0.2, 0.25) is 5.15 Å². The number of phenolic OH excluding ortho intramolecular Hbond substituents is 1. The van der Waals surface area contributed by atoms with Gasteiger partial charge in [-0.25, -0.2) is 4.98 Å². The number of carbonyl (C=O) groups is 1. The maximum Gasteiger partial charge on any atom is 0.254 e. The number of amides is 1. The van der Waals surface area contributed by atoms with Gasteiger partial charge < -0.3 is 10.0 Å². The van der Waals surface area contributed by atoms with Gasteiger partial charge in [0.25, 0.3) is 5.91 Å². The molecule has 0 aliphatic carbocycles. The second-order valence-corrected chi connectivity index (χ2v) is 4.91. The fraction of sp³-hybridized carbons (Fsp3) is 0.200. The Morgan fingerprint density at radius 1 is 1.35 bits per heavy atom. The number of para-hydroxylation sites is 1. The normalized spacial score (nSPS) is 11.9. The van der Waals surface area contributed by atoms with Crippen molar-refractivity contribution < 1.29 is 9.90 Å². The summed E-state index contributed by atoms with van der Waals surface area (Å²) in [5.74, 6) is -0.00235. The Labute approximate surface area is 122 Å². The molecule has 0 aliphatic rings. The van der Waals surface area contributed by atoms with Crippen molar-refractivity contribution in [3.05, 3.63) is 58.9 Å². The molecule has 0 saturated carbocycles. The zero-order valence-corrected chi connectivity index (χ0v) is 12.0. The number of benzene rings is 1. The molecule has 0 bridgehead atoms. The summed E-state index contributed by atoms with van der Waals surface area (Å²) < 4.78 is 0. The van der Waals surface area contributed by atoms with Crippen LogP contribution in [0.1, 0.15) is 28.9 Å². The van der Waals surface area contributed by atoms with Crippen LogP contribution < -0.4 is 0 Å². The van der Waals surface area contributed by atoms with Crippen molar-refractivity contribution >= 4 is 17.5 Å². The predicted octanol–water partition coefficient (Wildman–Crippen LogP) is 3.27. The maximum absolute atomic E-state index is 12.4. The third-order valence-corrected chi connectivity index (χ3v) is 3.47. The molecule has 1 heterocycles. The second-order valence-electron chi connectivity index (χ2n) is 4.52. The minimum absolute atomic E-state index is 0.174. The summed E-state index contributed by atoms with van der Waals surface area (Å²) in [4.78, 5) is 17.8. The highest BCUT2D eigenvalue weighted by atomic mass is 35.5. The Balaban J connectivity index is 2.25. The number of aromatic hydroxyl groups is 1. The zero-order valence-electron chi connectivity index (χ0n) is 11.2. The number of pyridine rings is 1. The van der Waals surface area contributed by atoms with Crippen LogP contribution in [0.5, 0.6) is 5.75 Å². The van der Waals surface area contributed by atoms with Crippen LogP contribution in [0.3, 0.4) is 0 Å². The van der Waals surface area contributed by atoms with Gasteiger partial charge in [-0.1, -0.05) is 29.8 Å². The Bertz CT molecular complexity index is 631. The smallest absolute Gasteiger partial charge is 0.254 e. The summed E-state index contributed by atoms with van der Waals surface area (Å²) in [5, 5.41) is 10.1. The molecule has 5 heteroatoms. The van der Waals surface area contributed by atoms with E-state index >= 15 is 0 Å². The first kappa shape index (κ1) is 14.3. The van der Waals surface area contributed by atoms with E-state index in [1.807, 2.05) is 13.0 Å². The van der Waals surface area contributed by atoms with Crippen LogP contribution in [0.4, 0.5) is 0 Å². The van der Waals surface area contributed by atoms with Gasteiger partial charge in [-0.15, -0.1) is 0 Å². The molecule has 104 valence electrons. The first-order chi connectivity index (χ1) is 9.50. The van der Waals surface area contributed by atoms with E-state index in [2.05, 4.69) is 4.98 Å². The lowest BCUT2D eigenvalue weighted by Gasteiger charge is -2.26. The summed E-state index contributed by atoms with van der Waals surface area (Å²) in [7, 11) is 1.69. The van der Waals surface area contributed by atoms with Gasteiger partial charge in [0, 0.05) is 24.4 Å². The minimum atomic E-state index is -0.254. The van der Waals surface area contributed by atoms with Crippen LogP contribution >= 0.6 is 11.6 Å². The first-order valence-electron chi connectivity index (χ1n) is 6.17. The van der Waals surface area contributed by atoms with Crippen molar-refractivity contribution in [1.29, 1.82) is 0 Å². The number of carbonyl (C=O) groups excluding carboxylic acids is 1. The summed E-state index contributed by atoms with van der Waals surface area (Å²) in [5.41, 5.74) is 1.17. The molecule has 4 nitrogen and oxygen atoms in total. The van der Waals surface area contributed by atoms with Crippen LogP contribution in [-0.2, 0) is 0 Å². The van der Waals surface area contributed by atoms with Crippen molar-refractivity contribution in [1.82, 2.24) is 9.88 Å². The molecular weight excluding hydrogens is 276 g/mol. The molecule has 1 unspecified atom stereocenters. The summed E-state index contributed by atoms with van der Waals surface area (Å²) in [6.45, 7) is 1.86. The Hall–Kier alpha value is -2.07. The Morgan fingerprint density at radius 3 is 2.70 bits per heavy atom. The molecule has 0 saturated heterocycles. The molecule has 1 amide bonds. The quantitative estimate of drug-likeness (QED) is 0.883. The molecule has 1 aromatic carbocycles. The molecule has 1 N–H and O–H groups in total. The van der Waals surface area contributed by atoms with Gasteiger partial charge in [-0.2, -0.15) is 0 Å². The number of aromatic nitrogens is 1. The molecule has 20 heavy (non-hydrogen) atoms. The Morgan fingerprint density at radius 2 is 2.05 bits per heavy atom. The minimum Gasteiger partial charge on any atom is -0.508 e.